The Hall–Kier alpha value is -1.70. The van der Waals surface area contributed by atoms with Crippen LogP contribution in [0.5, 0.6) is 0 Å². The molecule has 3 fully saturated rings. The van der Waals surface area contributed by atoms with Crippen LogP contribution in [0.3, 0.4) is 0 Å². The lowest BCUT2D eigenvalue weighted by Crippen LogP contribution is -2.80. The predicted molar refractivity (Wildman–Crippen MR) is 128 cm³/mol. The van der Waals surface area contributed by atoms with Gasteiger partial charge in [-0.3, -0.25) is 4.79 Å². The highest BCUT2D eigenvalue weighted by atomic mass is 16.5. The van der Waals surface area contributed by atoms with Gasteiger partial charge in [0.15, 0.2) is 0 Å². The van der Waals surface area contributed by atoms with Gasteiger partial charge in [-0.05, 0) is 61.9 Å². The van der Waals surface area contributed by atoms with Crippen LogP contribution < -0.4 is 0 Å². The summed E-state index contributed by atoms with van der Waals surface area (Å²) in [7, 11) is 0. The number of cyclic esters (lactones) is 1. The van der Waals surface area contributed by atoms with Crippen LogP contribution in [0.15, 0.2) is 23.8 Å². The van der Waals surface area contributed by atoms with Gasteiger partial charge in [-0.2, -0.15) is 0 Å². The van der Waals surface area contributed by atoms with Gasteiger partial charge in [0, 0.05) is 24.3 Å². The highest BCUT2D eigenvalue weighted by Crippen LogP contribution is 2.73. The quantitative estimate of drug-likeness (QED) is 0.402. The maximum atomic E-state index is 12.8. The molecule has 0 aromatic rings. The molecule has 0 aromatic carbocycles. The summed E-state index contributed by atoms with van der Waals surface area (Å²) in [5, 5.41) is 36.4. The van der Waals surface area contributed by atoms with Gasteiger partial charge in [-0.1, -0.05) is 38.8 Å². The molecule has 3 saturated carbocycles. The first-order valence-corrected chi connectivity index (χ1v) is 13.3. The largest absolute Gasteiger partial charge is 0.462 e. The summed E-state index contributed by atoms with van der Waals surface area (Å²) in [5.41, 5.74) is -3.09. The van der Waals surface area contributed by atoms with Crippen LogP contribution in [0.1, 0.15) is 78.6 Å². The normalized spacial score (nSPS) is 47.3. The maximum Gasteiger partial charge on any atom is 0.331 e. The van der Waals surface area contributed by atoms with Gasteiger partial charge < -0.3 is 24.8 Å². The van der Waals surface area contributed by atoms with Crippen molar-refractivity contribution in [3.05, 3.63) is 23.8 Å². The lowest BCUT2D eigenvalue weighted by Gasteiger charge is -2.73. The zero-order valence-electron chi connectivity index (χ0n) is 21.2. The number of esters is 2. The van der Waals surface area contributed by atoms with Crippen LogP contribution >= 0.6 is 0 Å². The third kappa shape index (κ3) is 3.41. The highest BCUT2D eigenvalue weighted by Gasteiger charge is 2.78. The molecule has 4 aliphatic carbocycles. The van der Waals surface area contributed by atoms with E-state index < -0.39 is 40.7 Å². The third-order valence-electron chi connectivity index (χ3n) is 10.7. The van der Waals surface area contributed by atoms with E-state index in [2.05, 4.69) is 6.92 Å². The number of ether oxygens (including phenoxy) is 2. The first kappa shape index (κ1) is 25.0. The Bertz CT molecular complexity index is 951. The van der Waals surface area contributed by atoms with Crippen molar-refractivity contribution in [2.24, 2.45) is 28.1 Å². The fourth-order valence-corrected chi connectivity index (χ4v) is 9.12. The van der Waals surface area contributed by atoms with Crippen LogP contribution in [0.4, 0.5) is 0 Å². The minimum absolute atomic E-state index is 0.207. The molecule has 0 unspecified atom stereocenters. The van der Waals surface area contributed by atoms with Crippen molar-refractivity contribution in [3.63, 3.8) is 0 Å². The fraction of sp³-hybridized carbons (Fsp3) is 0.786. The number of rotatable bonds is 5. The fourth-order valence-electron chi connectivity index (χ4n) is 9.12. The van der Waals surface area contributed by atoms with Gasteiger partial charge in [0.25, 0.3) is 0 Å². The number of fused-ring (bicyclic) bond motifs is 1. The van der Waals surface area contributed by atoms with E-state index in [-0.39, 0.29) is 30.4 Å². The smallest absolute Gasteiger partial charge is 0.331 e. The third-order valence-corrected chi connectivity index (χ3v) is 10.7. The molecule has 1 spiro atoms. The van der Waals surface area contributed by atoms with Crippen LogP contribution in [0.25, 0.3) is 0 Å². The second kappa shape index (κ2) is 8.42. The summed E-state index contributed by atoms with van der Waals surface area (Å²) in [6.07, 6.45) is 9.31. The molecule has 7 heteroatoms. The molecule has 5 rings (SSSR count). The van der Waals surface area contributed by atoms with E-state index in [0.29, 0.717) is 25.2 Å². The Kier molecular flexibility index (Phi) is 6.01. The summed E-state index contributed by atoms with van der Waals surface area (Å²) in [4.78, 5) is 24.0. The van der Waals surface area contributed by atoms with Crippen LogP contribution in [-0.2, 0) is 19.1 Å². The van der Waals surface area contributed by atoms with Crippen molar-refractivity contribution in [3.8, 4) is 0 Å². The topological polar surface area (TPSA) is 113 Å². The van der Waals surface area contributed by atoms with Crippen molar-refractivity contribution in [1.29, 1.82) is 0 Å². The molecule has 1 heterocycles. The Labute approximate surface area is 207 Å². The van der Waals surface area contributed by atoms with Crippen molar-refractivity contribution in [2.75, 3.05) is 6.61 Å². The number of aliphatic hydroxyl groups is 3. The zero-order valence-corrected chi connectivity index (χ0v) is 21.2. The van der Waals surface area contributed by atoms with E-state index in [0.717, 1.165) is 37.7 Å². The molecular formula is C28H40O7. The maximum absolute atomic E-state index is 12.8. The van der Waals surface area contributed by atoms with E-state index in [1.807, 2.05) is 13.0 Å². The molecular weight excluding hydrogens is 448 g/mol. The number of hydrogen-bond donors (Lipinski definition) is 3. The Morgan fingerprint density at radius 1 is 1.20 bits per heavy atom. The molecule has 1 aliphatic heterocycles. The highest BCUT2D eigenvalue weighted by molar-refractivity contribution is 5.85. The molecule has 0 aromatic heterocycles. The summed E-state index contributed by atoms with van der Waals surface area (Å²) in [6, 6.07) is 0. The van der Waals surface area contributed by atoms with Gasteiger partial charge in [-0.25, -0.2) is 4.79 Å². The van der Waals surface area contributed by atoms with E-state index in [4.69, 9.17) is 9.47 Å². The van der Waals surface area contributed by atoms with Crippen LogP contribution in [-0.4, -0.2) is 57.8 Å². The lowest BCUT2D eigenvalue weighted by atomic mass is 9.34. The number of carbonyl (C=O) groups is 2. The standard InChI is InChI=1S/C28H40O7/c1-17(29)35-20-15-25(2)11-9-21(30)28(27(25,33)13-8-18-14-23(32)34-16-18)22(31)10-12-26(3,24(20)28)19-6-4-5-7-19/h9,11,14,19-22,24,30-31,33H,4-8,10,12-13,15-16H2,1-3H3/t20-,21-,22+,24+,25+,26+,27-,28+/m1/s1. The molecule has 3 N–H and O–H groups in total. The van der Waals surface area contributed by atoms with Crippen LogP contribution in [0, 0.1) is 28.1 Å². The molecule has 0 saturated heterocycles. The van der Waals surface area contributed by atoms with E-state index in [1.54, 1.807) is 6.08 Å². The van der Waals surface area contributed by atoms with Gasteiger partial charge in [0.1, 0.15) is 12.7 Å². The predicted octanol–water partition coefficient (Wildman–Crippen LogP) is 3.21. The molecule has 35 heavy (non-hydrogen) atoms. The molecule has 194 valence electrons. The monoisotopic (exact) mass is 488 g/mol. The Morgan fingerprint density at radius 3 is 2.54 bits per heavy atom. The first-order valence-electron chi connectivity index (χ1n) is 13.3. The zero-order chi connectivity index (χ0) is 25.2. The Balaban J connectivity index is 1.67. The molecule has 0 radical (unpaired) electrons. The van der Waals surface area contributed by atoms with E-state index in [1.165, 1.54) is 13.0 Å². The second-order valence-electron chi connectivity index (χ2n) is 12.3. The van der Waals surface area contributed by atoms with Crippen molar-refractivity contribution in [2.45, 2.75) is 102 Å². The molecule has 5 aliphatic rings. The summed E-state index contributed by atoms with van der Waals surface area (Å²) < 4.78 is 11.1. The van der Waals surface area contributed by atoms with Crippen molar-refractivity contribution < 1.29 is 34.4 Å². The minimum Gasteiger partial charge on any atom is -0.462 e. The average molecular weight is 489 g/mol. The number of aliphatic hydroxyl groups excluding tert-OH is 2. The Morgan fingerprint density at radius 2 is 1.91 bits per heavy atom. The molecule has 0 amide bonds. The molecule has 2 bridgehead atoms. The van der Waals surface area contributed by atoms with Gasteiger partial charge in [-0.15, -0.1) is 0 Å². The van der Waals surface area contributed by atoms with E-state index >= 15 is 0 Å². The summed E-state index contributed by atoms with van der Waals surface area (Å²) in [6.45, 7) is 5.80. The van der Waals surface area contributed by atoms with Crippen molar-refractivity contribution in [1.82, 2.24) is 0 Å². The van der Waals surface area contributed by atoms with Crippen LogP contribution in [0.2, 0.25) is 0 Å². The molecule has 8 atom stereocenters. The number of hydrogen-bond acceptors (Lipinski definition) is 7. The average Bonchev–Trinajstić information content (AvgIpc) is 3.47. The first-order chi connectivity index (χ1) is 16.5. The van der Waals surface area contributed by atoms with Gasteiger partial charge in [0.05, 0.1) is 23.2 Å². The summed E-state index contributed by atoms with van der Waals surface area (Å²) >= 11 is 0. The van der Waals surface area contributed by atoms with Crippen molar-refractivity contribution >= 4 is 11.9 Å². The molecule has 7 nitrogen and oxygen atoms in total. The van der Waals surface area contributed by atoms with Gasteiger partial charge >= 0.3 is 11.9 Å². The SMILES string of the molecule is CC(=O)O[C@@H]1C[C@]2(C)C=C[C@@H](O)[C@]3([C@@H]1[C@](C)(C1CCCC1)CC[C@@H]3O)[C@@]2(O)CCC1=CC(=O)OC1. The van der Waals surface area contributed by atoms with E-state index in [9.17, 15) is 24.9 Å². The lowest BCUT2D eigenvalue weighted by molar-refractivity contribution is -0.337. The summed E-state index contributed by atoms with van der Waals surface area (Å²) in [5.74, 6) is -0.778. The second-order valence-corrected chi connectivity index (χ2v) is 12.3. The minimum atomic E-state index is -1.47. The number of carbonyl (C=O) groups excluding carboxylic acids is 2. The van der Waals surface area contributed by atoms with Gasteiger partial charge in [0.2, 0.25) is 0 Å².